The number of anilines is 3. The molecule has 0 aliphatic carbocycles. The predicted molar refractivity (Wildman–Crippen MR) is 81.3 cm³/mol. The zero-order valence-corrected chi connectivity index (χ0v) is 11.9. The molecule has 1 aromatic heterocycles. The topological polar surface area (TPSA) is 84.4 Å². The van der Waals surface area contributed by atoms with Crippen molar-refractivity contribution in [2.75, 3.05) is 29.0 Å². The Morgan fingerprint density at radius 2 is 2.38 bits per heavy atom. The van der Waals surface area contributed by atoms with E-state index in [4.69, 9.17) is 10.3 Å². The highest BCUT2D eigenvalue weighted by molar-refractivity contribution is 5.90. The number of carbonyl (C=O) groups is 1. The fraction of sp³-hybridized carbons (Fsp3) is 0.333. The average molecular weight is 286 g/mol. The number of nitrogen functional groups attached to an aromatic ring is 1. The number of aromatic nitrogens is 1. The monoisotopic (exact) mass is 286 g/mol. The molecule has 3 N–H and O–H groups in total. The number of aryl methyl sites for hydroxylation is 1. The third kappa shape index (κ3) is 2.84. The van der Waals surface area contributed by atoms with Crippen molar-refractivity contribution in [1.29, 1.82) is 0 Å². The SMILES string of the molecule is Cc1cc(NC(=O)CCN2CCc3cccc(N)c32)no1. The summed E-state index contributed by atoms with van der Waals surface area (Å²) in [6, 6.07) is 7.65. The molecular weight excluding hydrogens is 268 g/mol. The van der Waals surface area contributed by atoms with E-state index in [1.165, 1.54) is 5.56 Å². The molecule has 0 bridgehead atoms. The highest BCUT2D eigenvalue weighted by Crippen LogP contribution is 2.33. The molecule has 0 radical (unpaired) electrons. The summed E-state index contributed by atoms with van der Waals surface area (Å²) in [6.07, 6.45) is 1.37. The first-order chi connectivity index (χ1) is 10.1. The van der Waals surface area contributed by atoms with E-state index in [9.17, 15) is 4.79 Å². The minimum atomic E-state index is -0.0775. The van der Waals surface area contributed by atoms with Gasteiger partial charge in [0.2, 0.25) is 5.91 Å². The van der Waals surface area contributed by atoms with Crippen LogP contribution in [0, 0.1) is 6.92 Å². The Hall–Kier alpha value is -2.50. The van der Waals surface area contributed by atoms with Gasteiger partial charge in [0.25, 0.3) is 0 Å². The normalized spacial score (nSPS) is 13.3. The van der Waals surface area contributed by atoms with Crippen LogP contribution in [0.4, 0.5) is 17.2 Å². The fourth-order valence-corrected chi connectivity index (χ4v) is 2.66. The van der Waals surface area contributed by atoms with Gasteiger partial charge in [-0.05, 0) is 25.0 Å². The van der Waals surface area contributed by atoms with E-state index in [1.54, 1.807) is 13.0 Å². The molecule has 0 saturated carbocycles. The molecule has 1 aromatic carbocycles. The lowest BCUT2D eigenvalue weighted by Gasteiger charge is -2.20. The molecule has 6 nitrogen and oxygen atoms in total. The third-order valence-electron chi connectivity index (χ3n) is 3.62. The van der Waals surface area contributed by atoms with Gasteiger partial charge in [-0.25, -0.2) is 0 Å². The Balaban J connectivity index is 1.58. The summed E-state index contributed by atoms with van der Waals surface area (Å²) < 4.78 is 4.91. The lowest BCUT2D eigenvalue weighted by Crippen LogP contribution is -2.26. The van der Waals surface area contributed by atoms with Gasteiger partial charge in [0, 0.05) is 25.6 Å². The van der Waals surface area contributed by atoms with Crippen LogP contribution in [0.5, 0.6) is 0 Å². The van der Waals surface area contributed by atoms with Crippen LogP contribution in [0.3, 0.4) is 0 Å². The van der Waals surface area contributed by atoms with Crippen LogP contribution in [0.25, 0.3) is 0 Å². The van der Waals surface area contributed by atoms with Crippen LogP contribution >= 0.6 is 0 Å². The number of hydrogen-bond donors (Lipinski definition) is 2. The third-order valence-corrected chi connectivity index (χ3v) is 3.62. The van der Waals surface area contributed by atoms with E-state index in [1.807, 2.05) is 12.1 Å². The molecular formula is C15H18N4O2. The Bertz CT molecular complexity index is 665. The number of nitrogens with one attached hydrogen (secondary N) is 1. The zero-order chi connectivity index (χ0) is 14.8. The first-order valence-corrected chi connectivity index (χ1v) is 6.99. The molecule has 2 aromatic rings. The van der Waals surface area contributed by atoms with Crippen LogP contribution in [0.15, 0.2) is 28.8 Å². The molecule has 1 amide bonds. The van der Waals surface area contributed by atoms with Gasteiger partial charge in [-0.2, -0.15) is 0 Å². The molecule has 6 heteroatoms. The number of hydrogen-bond acceptors (Lipinski definition) is 5. The second-order valence-corrected chi connectivity index (χ2v) is 5.21. The Labute approximate surface area is 122 Å². The van der Waals surface area contributed by atoms with Crippen molar-refractivity contribution >= 4 is 23.1 Å². The highest BCUT2D eigenvalue weighted by atomic mass is 16.5. The smallest absolute Gasteiger partial charge is 0.227 e. The summed E-state index contributed by atoms with van der Waals surface area (Å²) in [5, 5.41) is 6.47. The number of nitrogens with two attached hydrogens (primary N) is 1. The molecule has 21 heavy (non-hydrogen) atoms. The molecule has 0 spiro atoms. The van der Waals surface area contributed by atoms with Crippen LogP contribution in [0.1, 0.15) is 17.7 Å². The fourth-order valence-electron chi connectivity index (χ4n) is 2.66. The van der Waals surface area contributed by atoms with Gasteiger partial charge >= 0.3 is 0 Å². The van der Waals surface area contributed by atoms with Gasteiger partial charge < -0.3 is 20.5 Å². The van der Waals surface area contributed by atoms with Crippen molar-refractivity contribution in [2.45, 2.75) is 19.8 Å². The van der Waals surface area contributed by atoms with E-state index in [0.29, 0.717) is 24.5 Å². The van der Waals surface area contributed by atoms with Gasteiger partial charge in [-0.1, -0.05) is 17.3 Å². The minimum Gasteiger partial charge on any atom is -0.397 e. The zero-order valence-electron chi connectivity index (χ0n) is 11.9. The number of amides is 1. The van der Waals surface area contributed by atoms with E-state index < -0.39 is 0 Å². The van der Waals surface area contributed by atoms with Gasteiger partial charge in [0.1, 0.15) is 5.76 Å². The molecule has 1 aliphatic heterocycles. The molecule has 0 fully saturated rings. The maximum atomic E-state index is 11.9. The first-order valence-electron chi connectivity index (χ1n) is 6.99. The van der Waals surface area contributed by atoms with Gasteiger partial charge in [-0.15, -0.1) is 0 Å². The lowest BCUT2D eigenvalue weighted by atomic mass is 10.1. The van der Waals surface area contributed by atoms with Crippen molar-refractivity contribution < 1.29 is 9.32 Å². The number of carbonyl (C=O) groups excluding carboxylic acids is 1. The summed E-state index contributed by atoms with van der Waals surface area (Å²) >= 11 is 0. The summed E-state index contributed by atoms with van der Waals surface area (Å²) in [5.41, 5.74) is 9.13. The molecule has 110 valence electrons. The van der Waals surface area contributed by atoms with Gasteiger partial charge in [0.05, 0.1) is 11.4 Å². The van der Waals surface area contributed by atoms with Crippen molar-refractivity contribution in [3.8, 4) is 0 Å². The number of fused-ring (bicyclic) bond motifs is 1. The standard InChI is InChI=1S/C15H18N4O2/c1-10-9-13(18-21-10)17-14(20)6-8-19-7-5-11-3-2-4-12(16)15(11)19/h2-4,9H,5-8,16H2,1H3,(H,17,18,20). The Kier molecular flexibility index (Phi) is 3.51. The summed E-state index contributed by atoms with van der Waals surface area (Å²) in [6.45, 7) is 3.33. The van der Waals surface area contributed by atoms with Crippen LogP contribution in [0.2, 0.25) is 0 Å². The average Bonchev–Trinajstić information content (AvgIpc) is 3.04. The second kappa shape index (κ2) is 5.47. The Morgan fingerprint density at radius 1 is 1.52 bits per heavy atom. The van der Waals surface area contributed by atoms with Crippen molar-refractivity contribution in [2.24, 2.45) is 0 Å². The molecule has 0 unspecified atom stereocenters. The number of rotatable bonds is 4. The molecule has 3 rings (SSSR count). The largest absolute Gasteiger partial charge is 0.397 e. The van der Waals surface area contributed by atoms with Crippen LogP contribution < -0.4 is 16.0 Å². The summed E-state index contributed by atoms with van der Waals surface area (Å²) in [7, 11) is 0. The van der Waals surface area contributed by atoms with E-state index in [2.05, 4.69) is 21.4 Å². The van der Waals surface area contributed by atoms with Crippen LogP contribution in [-0.2, 0) is 11.2 Å². The van der Waals surface area contributed by atoms with E-state index in [-0.39, 0.29) is 5.91 Å². The molecule has 0 atom stereocenters. The maximum Gasteiger partial charge on any atom is 0.227 e. The van der Waals surface area contributed by atoms with Crippen molar-refractivity contribution in [1.82, 2.24) is 5.16 Å². The van der Waals surface area contributed by atoms with Crippen LogP contribution in [-0.4, -0.2) is 24.2 Å². The van der Waals surface area contributed by atoms with Gasteiger partial charge in [0.15, 0.2) is 5.82 Å². The first kappa shape index (κ1) is 13.5. The minimum absolute atomic E-state index is 0.0775. The Morgan fingerprint density at radius 3 is 3.14 bits per heavy atom. The van der Waals surface area contributed by atoms with Crippen molar-refractivity contribution in [3.05, 3.63) is 35.6 Å². The van der Waals surface area contributed by atoms with Gasteiger partial charge in [-0.3, -0.25) is 4.79 Å². The predicted octanol–water partition coefficient (Wildman–Crippen LogP) is 1.96. The quantitative estimate of drug-likeness (QED) is 0.839. The molecule has 2 heterocycles. The summed E-state index contributed by atoms with van der Waals surface area (Å²) in [5.74, 6) is 1.05. The number of nitrogens with zero attached hydrogens (tertiary/aromatic N) is 2. The van der Waals surface area contributed by atoms with E-state index in [0.717, 1.165) is 24.3 Å². The summed E-state index contributed by atoms with van der Waals surface area (Å²) in [4.78, 5) is 14.1. The number of benzene rings is 1. The molecule has 0 saturated heterocycles. The highest BCUT2D eigenvalue weighted by Gasteiger charge is 2.21. The van der Waals surface area contributed by atoms with E-state index >= 15 is 0 Å². The van der Waals surface area contributed by atoms with Crippen molar-refractivity contribution in [3.63, 3.8) is 0 Å². The maximum absolute atomic E-state index is 11.9. The number of para-hydroxylation sites is 1. The second-order valence-electron chi connectivity index (χ2n) is 5.21. The molecule has 1 aliphatic rings. The lowest BCUT2D eigenvalue weighted by molar-refractivity contribution is -0.116.